The van der Waals surface area contributed by atoms with Gasteiger partial charge in [-0.05, 0) is 31.5 Å². The van der Waals surface area contributed by atoms with Crippen LogP contribution < -0.4 is 5.32 Å². The molecule has 1 aromatic heterocycles. The minimum Gasteiger partial charge on any atom is -0.326 e. The van der Waals surface area contributed by atoms with Crippen molar-refractivity contribution in [2.45, 2.75) is 24.6 Å². The van der Waals surface area contributed by atoms with Gasteiger partial charge in [-0.2, -0.15) is 0 Å². The lowest BCUT2D eigenvalue weighted by Crippen LogP contribution is -2.12. The summed E-state index contributed by atoms with van der Waals surface area (Å²) in [6.07, 6.45) is 0.469. The predicted molar refractivity (Wildman–Crippen MR) is 79.8 cm³/mol. The molecule has 19 heavy (non-hydrogen) atoms. The molecule has 0 aliphatic heterocycles. The molecule has 0 fully saturated rings. The Labute approximate surface area is 120 Å². The summed E-state index contributed by atoms with van der Waals surface area (Å²) in [6.45, 7) is 3.93. The van der Waals surface area contributed by atoms with E-state index in [0.717, 1.165) is 20.6 Å². The van der Waals surface area contributed by atoms with Gasteiger partial charge in [-0.25, -0.2) is 0 Å². The molecule has 0 aliphatic carbocycles. The van der Waals surface area contributed by atoms with Crippen molar-refractivity contribution in [3.05, 3.63) is 34.8 Å². The Bertz CT molecular complexity index is 569. The topological polar surface area (TPSA) is 54.9 Å². The molecule has 0 radical (unpaired) electrons. The molecule has 0 bridgehead atoms. The predicted octanol–water partition coefficient (Wildman–Crippen LogP) is 3.28. The highest BCUT2D eigenvalue weighted by atomic mass is 32.2. The van der Waals surface area contributed by atoms with Gasteiger partial charge in [0.1, 0.15) is 5.01 Å². The van der Waals surface area contributed by atoms with Gasteiger partial charge in [0.25, 0.3) is 0 Å². The number of benzene rings is 1. The number of anilines is 1. The number of carbonyl (C=O) groups excluding carboxylic acids is 1. The maximum atomic E-state index is 11.8. The Balaban J connectivity index is 1.76. The number of carbonyl (C=O) groups is 1. The summed E-state index contributed by atoms with van der Waals surface area (Å²) >= 11 is 3.12. The van der Waals surface area contributed by atoms with Crippen LogP contribution in [0.2, 0.25) is 0 Å². The SMILES string of the molecule is Cc1cccc(NC(=O)CCSc2nnc(C)s2)c1. The minimum absolute atomic E-state index is 0.0272. The number of aryl methyl sites for hydroxylation is 2. The van der Waals surface area contributed by atoms with E-state index in [0.29, 0.717) is 12.2 Å². The molecule has 0 spiro atoms. The first-order valence-electron chi connectivity index (χ1n) is 5.93. The Kier molecular flexibility index (Phi) is 4.93. The molecule has 100 valence electrons. The Hall–Kier alpha value is -1.40. The van der Waals surface area contributed by atoms with Gasteiger partial charge in [-0.3, -0.25) is 4.79 Å². The monoisotopic (exact) mass is 293 g/mol. The summed E-state index contributed by atoms with van der Waals surface area (Å²) in [5.41, 5.74) is 1.98. The summed E-state index contributed by atoms with van der Waals surface area (Å²) in [5.74, 6) is 0.742. The van der Waals surface area contributed by atoms with E-state index in [1.807, 2.05) is 38.1 Å². The largest absolute Gasteiger partial charge is 0.326 e. The molecule has 2 aromatic rings. The number of nitrogens with one attached hydrogen (secondary N) is 1. The second kappa shape index (κ2) is 6.68. The first kappa shape index (κ1) is 14.0. The molecule has 1 heterocycles. The molecule has 0 aliphatic rings. The molecule has 6 heteroatoms. The lowest BCUT2D eigenvalue weighted by Gasteiger charge is -2.05. The minimum atomic E-state index is 0.0272. The normalized spacial score (nSPS) is 10.4. The maximum Gasteiger partial charge on any atom is 0.225 e. The van der Waals surface area contributed by atoms with Gasteiger partial charge in [0.2, 0.25) is 5.91 Å². The zero-order valence-electron chi connectivity index (χ0n) is 10.8. The second-order valence-electron chi connectivity index (χ2n) is 4.10. The number of rotatable bonds is 5. The molecular formula is C13H15N3OS2. The van der Waals surface area contributed by atoms with Crippen LogP contribution in [-0.2, 0) is 4.79 Å². The smallest absolute Gasteiger partial charge is 0.225 e. The van der Waals surface area contributed by atoms with E-state index >= 15 is 0 Å². The fourth-order valence-corrected chi connectivity index (χ4v) is 3.34. The van der Waals surface area contributed by atoms with Gasteiger partial charge in [0, 0.05) is 17.9 Å². The molecule has 1 aromatic carbocycles. The molecule has 0 saturated heterocycles. The van der Waals surface area contributed by atoms with Crippen LogP contribution >= 0.6 is 23.1 Å². The highest BCUT2D eigenvalue weighted by Gasteiger charge is 2.05. The van der Waals surface area contributed by atoms with Gasteiger partial charge in [0.15, 0.2) is 4.34 Å². The fourth-order valence-electron chi connectivity index (χ4n) is 1.51. The summed E-state index contributed by atoms with van der Waals surface area (Å²) in [4.78, 5) is 11.8. The molecular weight excluding hydrogens is 278 g/mol. The van der Waals surface area contributed by atoms with Gasteiger partial charge >= 0.3 is 0 Å². The third kappa shape index (κ3) is 4.65. The van der Waals surface area contributed by atoms with E-state index in [2.05, 4.69) is 15.5 Å². The van der Waals surface area contributed by atoms with Gasteiger partial charge in [0.05, 0.1) is 0 Å². The van der Waals surface area contributed by atoms with Crippen LogP contribution in [0.3, 0.4) is 0 Å². The van der Waals surface area contributed by atoms with Crippen LogP contribution in [0.25, 0.3) is 0 Å². The van der Waals surface area contributed by atoms with E-state index < -0.39 is 0 Å². The third-order valence-corrected chi connectivity index (χ3v) is 4.34. The molecule has 0 saturated carbocycles. The first-order chi connectivity index (χ1) is 9.13. The highest BCUT2D eigenvalue weighted by molar-refractivity contribution is 8.01. The van der Waals surface area contributed by atoms with Crippen molar-refractivity contribution >= 4 is 34.7 Å². The van der Waals surface area contributed by atoms with Crippen molar-refractivity contribution in [2.24, 2.45) is 0 Å². The van der Waals surface area contributed by atoms with E-state index in [1.54, 1.807) is 23.1 Å². The number of thioether (sulfide) groups is 1. The summed E-state index contributed by atoms with van der Waals surface area (Å²) < 4.78 is 0.917. The Morgan fingerprint density at radius 3 is 2.89 bits per heavy atom. The van der Waals surface area contributed by atoms with E-state index in [1.165, 1.54) is 0 Å². The lowest BCUT2D eigenvalue weighted by molar-refractivity contribution is -0.115. The molecule has 0 atom stereocenters. The third-order valence-electron chi connectivity index (χ3n) is 2.36. The van der Waals surface area contributed by atoms with Crippen molar-refractivity contribution in [3.8, 4) is 0 Å². The lowest BCUT2D eigenvalue weighted by atomic mass is 10.2. The van der Waals surface area contributed by atoms with Crippen molar-refractivity contribution in [3.63, 3.8) is 0 Å². The zero-order chi connectivity index (χ0) is 13.7. The summed E-state index contributed by atoms with van der Waals surface area (Å²) in [7, 11) is 0. The van der Waals surface area contributed by atoms with E-state index in [4.69, 9.17) is 0 Å². The van der Waals surface area contributed by atoms with E-state index in [9.17, 15) is 4.79 Å². The number of hydrogen-bond acceptors (Lipinski definition) is 5. The standard InChI is InChI=1S/C13H15N3OS2/c1-9-4-3-5-11(8-9)14-12(17)6-7-18-13-16-15-10(2)19-13/h3-5,8H,6-7H2,1-2H3,(H,14,17). The van der Waals surface area contributed by atoms with Gasteiger partial charge < -0.3 is 5.32 Å². The number of aromatic nitrogens is 2. The molecule has 2 rings (SSSR count). The number of amides is 1. The highest BCUT2D eigenvalue weighted by Crippen LogP contribution is 2.22. The average Bonchev–Trinajstić information content (AvgIpc) is 2.75. The molecule has 1 amide bonds. The van der Waals surface area contributed by atoms with Crippen LogP contribution in [0.5, 0.6) is 0 Å². The Morgan fingerprint density at radius 2 is 2.21 bits per heavy atom. The second-order valence-corrected chi connectivity index (χ2v) is 6.63. The summed E-state index contributed by atoms with van der Waals surface area (Å²) in [5, 5.41) is 11.8. The molecule has 4 nitrogen and oxygen atoms in total. The average molecular weight is 293 g/mol. The van der Waals surface area contributed by atoms with Crippen molar-refractivity contribution in [2.75, 3.05) is 11.1 Å². The van der Waals surface area contributed by atoms with Crippen LogP contribution in [-0.4, -0.2) is 21.9 Å². The van der Waals surface area contributed by atoms with E-state index in [-0.39, 0.29) is 5.91 Å². The van der Waals surface area contributed by atoms with Crippen molar-refractivity contribution in [1.82, 2.24) is 10.2 Å². The number of hydrogen-bond donors (Lipinski definition) is 1. The van der Waals surface area contributed by atoms with Crippen LogP contribution in [0.4, 0.5) is 5.69 Å². The Morgan fingerprint density at radius 1 is 1.37 bits per heavy atom. The first-order valence-corrected chi connectivity index (χ1v) is 7.73. The van der Waals surface area contributed by atoms with Crippen LogP contribution in [0.15, 0.2) is 28.6 Å². The number of nitrogens with zero attached hydrogens (tertiary/aromatic N) is 2. The van der Waals surface area contributed by atoms with Crippen molar-refractivity contribution < 1.29 is 4.79 Å². The van der Waals surface area contributed by atoms with Crippen LogP contribution in [0, 0.1) is 13.8 Å². The van der Waals surface area contributed by atoms with Gasteiger partial charge in [-0.15, -0.1) is 10.2 Å². The van der Waals surface area contributed by atoms with Crippen molar-refractivity contribution in [1.29, 1.82) is 0 Å². The summed E-state index contributed by atoms with van der Waals surface area (Å²) in [6, 6.07) is 7.79. The van der Waals surface area contributed by atoms with Gasteiger partial charge in [-0.1, -0.05) is 35.2 Å². The maximum absolute atomic E-state index is 11.8. The quantitative estimate of drug-likeness (QED) is 0.860. The molecule has 0 unspecified atom stereocenters. The zero-order valence-corrected chi connectivity index (χ0v) is 12.5. The fraction of sp³-hybridized carbons (Fsp3) is 0.308. The molecule has 1 N–H and O–H groups in total. The van der Waals surface area contributed by atoms with Crippen LogP contribution in [0.1, 0.15) is 17.0 Å².